The van der Waals surface area contributed by atoms with Gasteiger partial charge in [-0.15, -0.1) is 12.4 Å². The fourth-order valence-electron chi connectivity index (χ4n) is 0.688. The predicted molar refractivity (Wildman–Crippen MR) is 60.9 cm³/mol. The van der Waals surface area contributed by atoms with Crippen molar-refractivity contribution in [1.82, 2.24) is 0 Å². The molecule has 0 spiro atoms. The first-order valence-corrected chi connectivity index (χ1v) is 3.78. The molecule has 66 valence electrons. The van der Waals surface area contributed by atoms with Crippen LogP contribution in [0.5, 0.6) is 0 Å². The zero-order valence-corrected chi connectivity index (χ0v) is 8.54. The van der Waals surface area contributed by atoms with E-state index < -0.39 is 0 Å². The molecular weight excluding hydrogens is 190 g/mol. The summed E-state index contributed by atoms with van der Waals surface area (Å²) < 4.78 is 0. The van der Waals surface area contributed by atoms with Gasteiger partial charge in [0.05, 0.1) is 0 Å². The second-order valence-corrected chi connectivity index (χ2v) is 1.99. The minimum absolute atomic E-state index is 0. The summed E-state index contributed by atoms with van der Waals surface area (Å²) >= 11 is 3.83. The molecule has 0 fully saturated rings. The highest BCUT2D eigenvalue weighted by molar-refractivity contribution is 7.77. The Morgan fingerprint density at radius 1 is 1.25 bits per heavy atom. The quantitative estimate of drug-likeness (QED) is 0.548. The van der Waals surface area contributed by atoms with Gasteiger partial charge in [0, 0.05) is 5.71 Å². The first kappa shape index (κ1) is 13.8. The normalized spacial score (nSPS) is 7.08. The maximum absolute atomic E-state index is 7.24. The van der Waals surface area contributed by atoms with E-state index in [1.807, 2.05) is 30.3 Å². The maximum Gasteiger partial charge on any atom is 0.0355 e. The highest BCUT2D eigenvalue weighted by Gasteiger charge is 1.88. The summed E-state index contributed by atoms with van der Waals surface area (Å²) in [5.41, 5.74) is 1.62. The Morgan fingerprint density at radius 2 is 1.67 bits per heavy atom. The van der Waals surface area contributed by atoms with Crippen LogP contribution in [0, 0.1) is 5.41 Å². The lowest BCUT2D eigenvalue weighted by atomic mass is 10.1. The molecule has 0 aliphatic rings. The summed E-state index contributed by atoms with van der Waals surface area (Å²) in [4.78, 5) is 0. The van der Waals surface area contributed by atoms with Gasteiger partial charge in [-0.2, -0.15) is 0 Å². The zero-order valence-electron chi connectivity index (χ0n) is 6.91. The minimum atomic E-state index is 0. The van der Waals surface area contributed by atoms with Gasteiger partial charge < -0.3 is 5.41 Å². The molecule has 1 N–H and O–H groups in total. The molecule has 0 radical (unpaired) electrons. The molecule has 0 saturated carbocycles. The lowest BCUT2D eigenvalue weighted by Gasteiger charge is -1.92. The smallest absolute Gasteiger partial charge is 0.0355 e. The van der Waals surface area contributed by atoms with Crippen LogP contribution >= 0.6 is 24.6 Å². The Balaban J connectivity index is 0. The molecule has 1 nitrogen and oxygen atoms in total. The summed E-state index contributed by atoms with van der Waals surface area (Å²) in [5, 5.41) is 7.24. The summed E-state index contributed by atoms with van der Waals surface area (Å²) in [6.45, 7) is 1.79. The fraction of sp³-hybridized carbons (Fsp3) is 0.111. The Hall–Kier alpha value is -0.730. The summed E-state index contributed by atoms with van der Waals surface area (Å²) in [5.74, 6) is 2.83. The van der Waals surface area contributed by atoms with E-state index in [1.54, 1.807) is 6.92 Å². The molecule has 1 aromatic rings. The second kappa shape index (κ2) is 8.37. The summed E-state index contributed by atoms with van der Waals surface area (Å²) in [6.07, 6.45) is 0. The summed E-state index contributed by atoms with van der Waals surface area (Å²) in [7, 11) is 0. The number of halogens is 1. The molecule has 1 aromatic carbocycles. The first-order valence-electron chi connectivity index (χ1n) is 3.20. The van der Waals surface area contributed by atoms with Crippen LogP contribution < -0.4 is 0 Å². The number of hydrogen-bond donors (Lipinski definition) is 1. The van der Waals surface area contributed by atoms with E-state index in [0.29, 0.717) is 5.71 Å². The van der Waals surface area contributed by atoms with E-state index in [4.69, 9.17) is 5.41 Å². The molecule has 0 aliphatic heterocycles. The molecule has 0 heterocycles. The molecule has 3 heteroatoms. The van der Waals surface area contributed by atoms with Gasteiger partial charge in [0.1, 0.15) is 0 Å². The van der Waals surface area contributed by atoms with Crippen molar-refractivity contribution in [3.05, 3.63) is 35.9 Å². The number of nitrogens with one attached hydrogen (secondary N) is 1. The van der Waals surface area contributed by atoms with Gasteiger partial charge in [-0.05, 0) is 18.4 Å². The Morgan fingerprint density at radius 3 is 1.92 bits per heavy atom. The highest BCUT2D eigenvalue weighted by Crippen LogP contribution is 1.97. The van der Waals surface area contributed by atoms with Gasteiger partial charge in [0.25, 0.3) is 0 Å². The van der Waals surface area contributed by atoms with Crippen molar-refractivity contribution in [3.63, 3.8) is 0 Å². The third kappa shape index (κ3) is 4.99. The number of benzene rings is 1. The molecule has 0 amide bonds. The minimum Gasteiger partial charge on any atom is -0.305 e. The summed E-state index contributed by atoms with van der Waals surface area (Å²) in [6, 6.07) is 9.69. The highest BCUT2D eigenvalue weighted by atomic mass is 35.5. The van der Waals surface area contributed by atoms with Crippen LogP contribution in [0.1, 0.15) is 12.5 Å². The van der Waals surface area contributed by atoms with E-state index in [2.05, 4.69) is 18.1 Å². The number of rotatable bonds is 1. The maximum atomic E-state index is 7.24. The molecule has 0 unspecified atom stereocenters. The molecule has 0 aromatic heterocycles. The number of thiocarbonyl (C=S) groups is 1. The van der Waals surface area contributed by atoms with Crippen molar-refractivity contribution in [1.29, 1.82) is 5.41 Å². The van der Waals surface area contributed by atoms with E-state index in [0.717, 1.165) is 5.56 Å². The Labute approximate surface area is 84.7 Å². The van der Waals surface area contributed by atoms with E-state index in [9.17, 15) is 0 Å². The van der Waals surface area contributed by atoms with Crippen LogP contribution in [0.3, 0.4) is 0 Å². The van der Waals surface area contributed by atoms with Gasteiger partial charge in [-0.3, -0.25) is 0 Å². The van der Waals surface area contributed by atoms with Crippen LogP contribution in [-0.2, 0) is 0 Å². The average Bonchev–Trinajstić information content (AvgIpc) is 2.10. The molecular formula is C9H12ClNS. The second-order valence-electron chi connectivity index (χ2n) is 1.99. The predicted octanol–water partition coefficient (Wildman–Crippen LogP) is 3.11. The van der Waals surface area contributed by atoms with Crippen LogP contribution in [0.4, 0.5) is 0 Å². The zero-order chi connectivity index (χ0) is 8.69. The van der Waals surface area contributed by atoms with Crippen LogP contribution in [-0.4, -0.2) is 11.6 Å². The molecule has 1 rings (SSSR count). The lowest BCUT2D eigenvalue weighted by molar-refractivity contribution is 1.46. The van der Waals surface area contributed by atoms with Crippen molar-refractivity contribution in [2.24, 2.45) is 0 Å². The SMILES string of the molecule is C=S.CC(=N)c1ccccc1.Cl. The van der Waals surface area contributed by atoms with Gasteiger partial charge in [-0.25, -0.2) is 0 Å². The molecule has 0 atom stereocenters. The topological polar surface area (TPSA) is 23.9 Å². The lowest BCUT2D eigenvalue weighted by Crippen LogP contribution is -1.88. The largest absolute Gasteiger partial charge is 0.305 e. The van der Waals surface area contributed by atoms with Gasteiger partial charge in [0.15, 0.2) is 0 Å². The van der Waals surface area contributed by atoms with Crippen molar-refractivity contribution < 1.29 is 0 Å². The first-order chi connectivity index (χ1) is 5.30. The van der Waals surface area contributed by atoms with Crippen LogP contribution in [0.25, 0.3) is 0 Å². The van der Waals surface area contributed by atoms with Crippen molar-refractivity contribution in [2.45, 2.75) is 6.92 Å². The van der Waals surface area contributed by atoms with Crippen molar-refractivity contribution >= 4 is 36.2 Å². The van der Waals surface area contributed by atoms with Gasteiger partial charge >= 0.3 is 0 Å². The standard InChI is InChI=1S/C8H9N.CH2S.ClH/c1-7(9)8-5-3-2-4-6-8;1-2;/h2-6,9H,1H3;1H2;1H. The third-order valence-electron chi connectivity index (χ3n) is 1.21. The van der Waals surface area contributed by atoms with Crippen molar-refractivity contribution in [3.8, 4) is 0 Å². The molecule has 12 heavy (non-hydrogen) atoms. The fourth-order valence-corrected chi connectivity index (χ4v) is 0.688. The monoisotopic (exact) mass is 201 g/mol. The van der Waals surface area contributed by atoms with Crippen molar-refractivity contribution in [2.75, 3.05) is 0 Å². The van der Waals surface area contributed by atoms with E-state index >= 15 is 0 Å². The third-order valence-corrected chi connectivity index (χ3v) is 1.21. The Kier molecular flexibility index (Phi) is 9.65. The molecule has 0 aliphatic carbocycles. The van der Waals surface area contributed by atoms with Crippen LogP contribution in [0.15, 0.2) is 30.3 Å². The number of hydrogen-bond acceptors (Lipinski definition) is 2. The Bertz CT molecular complexity index is 223. The van der Waals surface area contributed by atoms with Gasteiger partial charge in [-0.1, -0.05) is 42.5 Å². The van der Waals surface area contributed by atoms with E-state index in [-0.39, 0.29) is 12.4 Å². The van der Waals surface area contributed by atoms with Crippen LogP contribution in [0.2, 0.25) is 0 Å². The molecule has 0 bridgehead atoms. The average molecular weight is 202 g/mol. The van der Waals surface area contributed by atoms with Gasteiger partial charge in [0.2, 0.25) is 0 Å². The molecule has 0 saturated heterocycles. The van der Waals surface area contributed by atoms with E-state index in [1.165, 1.54) is 0 Å².